The molecule has 0 aromatic rings. The van der Waals surface area contributed by atoms with Crippen LogP contribution in [-0.2, 0) is 4.74 Å². The van der Waals surface area contributed by atoms with Gasteiger partial charge in [-0.05, 0) is 6.92 Å². The van der Waals surface area contributed by atoms with E-state index in [1.165, 1.54) is 0 Å². The van der Waals surface area contributed by atoms with Crippen molar-refractivity contribution in [3.8, 4) is 0 Å². The van der Waals surface area contributed by atoms with Gasteiger partial charge in [0.2, 0.25) is 0 Å². The molecule has 0 N–H and O–H groups in total. The molecule has 0 aromatic heterocycles. The van der Waals surface area contributed by atoms with Gasteiger partial charge < -0.3 is 14.5 Å². The molecule has 0 saturated heterocycles. The fourth-order valence-electron chi connectivity index (χ4n) is 1.15. The van der Waals surface area contributed by atoms with E-state index in [9.17, 15) is 0 Å². The molecule has 0 bridgehead atoms. The Morgan fingerprint density at radius 2 is 1.82 bits per heavy atom. The average Bonchev–Trinajstić information content (AvgIpc) is 2.29. The molecule has 1 aliphatic heterocycles. The predicted molar refractivity (Wildman–Crippen MR) is 44.9 cm³/mol. The fourth-order valence-corrected chi connectivity index (χ4v) is 1.15. The predicted octanol–water partition coefficient (Wildman–Crippen LogP) is 0.697. The van der Waals surface area contributed by atoms with E-state index in [1.807, 2.05) is 6.92 Å². The van der Waals surface area contributed by atoms with Crippen molar-refractivity contribution in [2.24, 2.45) is 0 Å². The van der Waals surface area contributed by atoms with Crippen LogP contribution in [-0.4, -0.2) is 43.3 Å². The summed E-state index contributed by atoms with van der Waals surface area (Å²) in [7, 11) is 4.12. The van der Waals surface area contributed by atoms with Crippen LogP contribution in [0.5, 0.6) is 0 Å². The van der Waals surface area contributed by atoms with Crippen molar-refractivity contribution in [1.29, 1.82) is 0 Å². The third-order valence-corrected chi connectivity index (χ3v) is 1.95. The number of likely N-dealkylation sites (N-methyl/N-ethyl adjacent to an activating group) is 2. The molecule has 0 spiro atoms. The molecule has 3 heteroatoms. The first-order chi connectivity index (χ1) is 5.25. The molecule has 3 nitrogen and oxygen atoms in total. The molecule has 1 heterocycles. The zero-order valence-electron chi connectivity index (χ0n) is 7.45. The Morgan fingerprint density at radius 3 is 2.27 bits per heavy atom. The van der Waals surface area contributed by atoms with Crippen LogP contribution < -0.4 is 0 Å². The van der Waals surface area contributed by atoms with Crippen LogP contribution in [0.1, 0.15) is 6.92 Å². The molecule has 0 unspecified atom stereocenters. The van der Waals surface area contributed by atoms with Crippen LogP contribution in [0, 0.1) is 0 Å². The van der Waals surface area contributed by atoms with Crippen LogP contribution in [0.15, 0.2) is 12.4 Å². The molecule has 0 atom stereocenters. The molecule has 0 fully saturated rings. The maximum absolute atomic E-state index is 5.33. The number of hydrogen-bond acceptors (Lipinski definition) is 3. The molecule has 0 amide bonds. The molecule has 11 heavy (non-hydrogen) atoms. The van der Waals surface area contributed by atoms with Gasteiger partial charge in [-0.3, -0.25) is 0 Å². The fraction of sp³-hybridized carbons (Fsp3) is 0.750. The summed E-state index contributed by atoms with van der Waals surface area (Å²) in [4.78, 5) is 4.30. The van der Waals surface area contributed by atoms with E-state index in [1.54, 1.807) is 0 Å². The first kappa shape index (κ1) is 8.40. The Hall–Kier alpha value is -0.700. The van der Waals surface area contributed by atoms with E-state index < -0.39 is 0 Å². The van der Waals surface area contributed by atoms with E-state index in [0.29, 0.717) is 6.17 Å². The summed E-state index contributed by atoms with van der Waals surface area (Å²) >= 11 is 0. The minimum atomic E-state index is 0.384. The first-order valence-electron chi connectivity index (χ1n) is 3.95. The Balaban J connectivity index is 2.33. The first-order valence-corrected chi connectivity index (χ1v) is 3.95. The molecular weight excluding hydrogens is 140 g/mol. The van der Waals surface area contributed by atoms with Gasteiger partial charge in [-0.1, -0.05) is 0 Å². The van der Waals surface area contributed by atoms with E-state index in [2.05, 4.69) is 36.3 Å². The minimum absolute atomic E-state index is 0.384. The molecule has 0 aromatic carbocycles. The van der Waals surface area contributed by atoms with Gasteiger partial charge in [-0.2, -0.15) is 0 Å². The maximum Gasteiger partial charge on any atom is 0.124 e. The number of ether oxygens (including phenoxy) is 1. The normalized spacial score (nSPS) is 18.5. The molecule has 1 rings (SSSR count). The van der Waals surface area contributed by atoms with Crippen molar-refractivity contribution in [3.63, 3.8) is 0 Å². The highest BCUT2D eigenvalue weighted by Gasteiger charge is 2.19. The van der Waals surface area contributed by atoms with Crippen molar-refractivity contribution in [1.82, 2.24) is 9.80 Å². The Morgan fingerprint density at radius 1 is 1.27 bits per heavy atom. The molecule has 0 saturated carbocycles. The van der Waals surface area contributed by atoms with Gasteiger partial charge in [0, 0.05) is 33.1 Å². The lowest BCUT2D eigenvalue weighted by atomic mass is 10.5. The van der Waals surface area contributed by atoms with Crippen LogP contribution in [0.25, 0.3) is 0 Å². The molecule has 64 valence electrons. The third-order valence-electron chi connectivity index (χ3n) is 1.95. The van der Waals surface area contributed by atoms with Gasteiger partial charge in [-0.15, -0.1) is 0 Å². The van der Waals surface area contributed by atoms with Crippen molar-refractivity contribution < 1.29 is 4.74 Å². The Kier molecular flexibility index (Phi) is 2.76. The van der Waals surface area contributed by atoms with Gasteiger partial charge in [0.15, 0.2) is 0 Å². The summed E-state index contributed by atoms with van der Waals surface area (Å²) in [5.74, 6) is 0. The number of rotatable bonds is 3. The zero-order valence-corrected chi connectivity index (χ0v) is 7.45. The minimum Gasteiger partial charge on any atom is -0.378 e. The smallest absolute Gasteiger partial charge is 0.124 e. The monoisotopic (exact) mass is 156 g/mol. The van der Waals surface area contributed by atoms with Crippen molar-refractivity contribution in [3.05, 3.63) is 12.4 Å². The van der Waals surface area contributed by atoms with Crippen LogP contribution in [0.4, 0.5) is 0 Å². The standard InChI is InChI=1S/C8H16N2O/c1-4-11-7-8-9(2)5-6-10(8)3/h5-6,8H,4,7H2,1-3H3. The second kappa shape index (κ2) is 3.62. The van der Waals surface area contributed by atoms with Gasteiger partial charge in [-0.25, -0.2) is 0 Å². The molecule has 0 radical (unpaired) electrons. The van der Waals surface area contributed by atoms with E-state index >= 15 is 0 Å². The largest absolute Gasteiger partial charge is 0.378 e. The van der Waals surface area contributed by atoms with Crippen LogP contribution >= 0.6 is 0 Å². The highest BCUT2D eigenvalue weighted by atomic mass is 16.5. The lowest BCUT2D eigenvalue weighted by molar-refractivity contribution is 0.0536. The van der Waals surface area contributed by atoms with Crippen molar-refractivity contribution in [2.45, 2.75) is 13.1 Å². The topological polar surface area (TPSA) is 15.7 Å². The van der Waals surface area contributed by atoms with Crippen LogP contribution in [0.3, 0.4) is 0 Å². The summed E-state index contributed by atoms with van der Waals surface area (Å²) in [6.07, 6.45) is 4.50. The lowest BCUT2D eigenvalue weighted by Crippen LogP contribution is -2.38. The summed E-state index contributed by atoms with van der Waals surface area (Å²) in [6.45, 7) is 3.58. The average molecular weight is 156 g/mol. The summed E-state index contributed by atoms with van der Waals surface area (Å²) < 4.78 is 5.33. The van der Waals surface area contributed by atoms with E-state index in [4.69, 9.17) is 4.74 Å². The second-order valence-electron chi connectivity index (χ2n) is 2.77. The summed E-state index contributed by atoms with van der Waals surface area (Å²) in [5.41, 5.74) is 0. The van der Waals surface area contributed by atoms with Crippen LogP contribution in [0.2, 0.25) is 0 Å². The Labute approximate surface area is 68.2 Å². The van der Waals surface area contributed by atoms with Gasteiger partial charge >= 0.3 is 0 Å². The Bertz CT molecular complexity index is 135. The molecule has 0 aliphatic carbocycles. The SMILES string of the molecule is CCOCC1N(C)C=CN1C. The second-order valence-corrected chi connectivity index (χ2v) is 2.77. The van der Waals surface area contributed by atoms with Gasteiger partial charge in [0.05, 0.1) is 6.61 Å². The number of hydrogen-bond donors (Lipinski definition) is 0. The van der Waals surface area contributed by atoms with E-state index in [0.717, 1.165) is 13.2 Å². The van der Waals surface area contributed by atoms with Gasteiger partial charge in [0.25, 0.3) is 0 Å². The summed E-state index contributed by atoms with van der Waals surface area (Å²) in [5, 5.41) is 0. The highest BCUT2D eigenvalue weighted by molar-refractivity contribution is 4.93. The van der Waals surface area contributed by atoms with Crippen molar-refractivity contribution >= 4 is 0 Å². The molecule has 1 aliphatic rings. The maximum atomic E-state index is 5.33. The number of nitrogens with zero attached hydrogens (tertiary/aromatic N) is 2. The highest BCUT2D eigenvalue weighted by Crippen LogP contribution is 2.10. The quantitative estimate of drug-likeness (QED) is 0.598. The zero-order chi connectivity index (χ0) is 8.27. The van der Waals surface area contributed by atoms with E-state index in [-0.39, 0.29) is 0 Å². The van der Waals surface area contributed by atoms with Crippen molar-refractivity contribution in [2.75, 3.05) is 27.3 Å². The third kappa shape index (κ3) is 1.87. The lowest BCUT2D eigenvalue weighted by Gasteiger charge is -2.26. The van der Waals surface area contributed by atoms with Gasteiger partial charge in [0.1, 0.15) is 6.17 Å². The molecular formula is C8H16N2O. The summed E-state index contributed by atoms with van der Waals surface area (Å²) in [6, 6.07) is 0.